The van der Waals surface area contributed by atoms with E-state index >= 15 is 0 Å². The largest absolute Gasteiger partial charge is 0.484 e. The number of carbonyl (C=O) groups is 1. The molecule has 1 heterocycles. The van der Waals surface area contributed by atoms with Crippen LogP contribution in [0.5, 0.6) is 5.75 Å². The third-order valence-electron chi connectivity index (χ3n) is 4.17. The van der Waals surface area contributed by atoms with Gasteiger partial charge < -0.3 is 4.74 Å². The van der Waals surface area contributed by atoms with Crippen LogP contribution >= 0.6 is 15.9 Å². The Labute approximate surface area is 167 Å². The number of amides is 1. The molecule has 0 saturated carbocycles. The van der Waals surface area contributed by atoms with Crippen LogP contribution in [0.25, 0.3) is 0 Å². The average molecular weight is 425 g/mol. The van der Waals surface area contributed by atoms with Crippen molar-refractivity contribution in [3.63, 3.8) is 0 Å². The molecule has 0 atom stereocenters. The molecular weight excluding hydrogens is 404 g/mol. The fourth-order valence-electron chi connectivity index (χ4n) is 2.63. The van der Waals surface area contributed by atoms with E-state index in [1.165, 1.54) is 5.56 Å². The van der Waals surface area contributed by atoms with Gasteiger partial charge in [0.1, 0.15) is 11.6 Å². The van der Waals surface area contributed by atoms with Gasteiger partial charge in [0, 0.05) is 10.7 Å². The van der Waals surface area contributed by atoms with E-state index in [9.17, 15) is 4.79 Å². The van der Waals surface area contributed by atoms with Crippen LogP contribution in [0.15, 0.2) is 77.4 Å². The van der Waals surface area contributed by atoms with Crippen LogP contribution in [-0.2, 0) is 17.8 Å². The number of hydrogen-bond acceptors (Lipinski definition) is 3. The fraction of sp³-hybridized carbons (Fsp3) is 0.182. The van der Waals surface area contributed by atoms with Crippen molar-refractivity contribution in [1.29, 1.82) is 0 Å². The minimum absolute atomic E-state index is 0.0503. The lowest BCUT2D eigenvalue weighted by molar-refractivity contribution is -0.120. The molecule has 1 aromatic heterocycles. The molecule has 0 radical (unpaired) electrons. The van der Waals surface area contributed by atoms with Gasteiger partial charge in [0.05, 0.1) is 6.54 Å². The van der Waals surface area contributed by atoms with Gasteiger partial charge in [-0.1, -0.05) is 53.2 Å². The number of aromatic nitrogens is 1. The number of benzene rings is 2. The molecule has 0 aliphatic carbocycles. The Morgan fingerprint density at radius 1 is 1.00 bits per heavy atom. The molecule has 2 aromatic carbocycles. The summed E-state index contributed by atoms with van der Waals surface area (Å²) in [5.74, 6) is 1.12. The first-order valence-corrected chi connectivity index (χ1v) is 9.62. The highest BCUT2D eigenvalue weighted by atomic mass is 79.9. The van der Waals surface area contributed by atoms with Crippen LogP contribution in [0.1, 0.15) is 18.1 Å². The van der Waals surface area contributed by atoms with E-state index in [0.717, 1.165) is 16.5 Å². The highest BCUT2D eigenvalue weighted by molar-refractivity contribution is 9.10. The van der Waals surface area contributed by atoms with Crippen LogP contribution in [0, 0.1) is 0 Å². The van der Waals surface area contributed by atoms with E-state index < -0.39 is 0 Å². The smallest absolute Gasteiger partial charge is 0.266 e. The molecule has 5 heteroatoms. The summed E-state index contributed by atoms with van der Waals surface area (Å²) in [4.78, 5) is 18.9. The zero-order valence-corrected chi connectivity index (χ0v) is 16.7. The maximum atomic E-state index is 12.9. The molecule has 1 amide bonds. The maximum absolute atomic E-state index is 12.9. The van der Waals surface area contributed by atoms with Crippen molar-refractivity contribution >= 4 is 27.7 Å². The minimum atomic E-state index is -0.142. The predicted octanol–water partition coefficient (Wildman–Crippen LogP) is 5.02. The molecular formula is C22H21BrN2O2. The molecule has 0 fully saturated rings. The number of halogens is 1. The molecule has 3 aromatic rings. The van der Waals surface area contributed by atoms with Crippen LogP contribution in [0.4, 0.5) is 5.82 Å². The molecule has 0 aliphatic heterocycles. The Morgan fingerprint density at radius 2 is 1.70 bits per heavy atom. The summed E-state index contributed by atoms with van der Waals surface area (Å²) in [5, 5.41) is 0. The molecule has 0 aliphatic rings. The topological polar surface area (TPSA) is 42.4 Å². The number of rotatable bonds is 7. The van der Waals surface area contributed by atoms with Gasteiger partial charge in [-0.3, -0.25) is 9.69 Å². The SMILES string of the molecule is CCc1ccc(CN(C(=O)COc2ccc(Br)cc2)c2ccccn2)cc1. The number of nitrogens with zero attached hydrogens (tertiary/aromatic N) is 2. The van der Waals surface area contributed by atoms with Gasteiger partial charge >= 0.3 is 0 Å². The van der Waals surface area contributed by atoms with Crippen molar-refractivity contribution in [3.05, 3.63) is 88.5 Å². The van der Waals surface area contributed by atoms with Crippen LogP contribution in [0.3, 0.4) is 0 Å². The second-order valence-corrected chi connectivity index (χ2v) is 7.00. The molecule has 0 spiro atoms. The molecule has 0 N–H and O–H groups in total. The standard InChI is InChI=1S/C22H21BrN2O2/c1-2-17-6-8-18(9-7-17)15-25(21-5-3-4-14-24-21)22(26)16-27-20-12-10-19(23)11-13-20/h3-14H,2,15-16H2,1H3. The Kier molecular flexibility index (Phi) is 6.60. The monoisotopic (exact) mass is 424 g/mol. The summed E-state index contributed by atoms with van der Waals surface area (Å²) in [5.41, 5.74) is 2.32. The predicted molar refractivity (Wildman–Crippen MR) is 111 cm³/mol. The highest BCUT2D eigenvalue weighted by Gasteiger charge is 2.18. The van der Waals surface area contributed by atoms with Crippen LogP contribution in [-0.4, -0.2) is 17.5 Å². The van der Waals surface area contributed by atoms with Crippen molar-refractivity contribution in [2.24, 2.45) is 0 Å². The van der Waals surface area contributed by atoms with Gasteiger partial charge in [0.25, 0.3) is 5.91 Å². The third-order valence-corrected chi connectivity index (χ3v) is 4.70. The van der Waals surface area contributed by atoms with Crippen molar-refractivity contribution < 1.29 is 9.53 Å². The van der Waals surface area contributed by atoms with Gasteiger partial charge in [0.15, 0.2) is 6.61 Å². The molecule has 27 heavy (non-hydrogen) atoms. The molecule has 4 nitrogen and oxygen atoms in total. The number of pyridine rings is 1. The van der Waals surface area contributed by atoms with Crippen molar-refractivity contribution in [2.45, 2.75) is 19.9 Å². The zero-order chi connectivity index (χ0) is 19.1. The summed E-state index contributed by atoms with van der Waals surface area (Å²) < 4.78 is 6.62. The first-order valence-electron chi connectivity index (χ1n) is 8.83. The van der Waals surface area contributed by atoms with Gasteiger partial charge in [-0.15, -0.1) is 0 Å². The summed E-state index contributed by atoms with van der Waals surface area (Å²) in [6.07, 6.45) is 2.68. The summed E-state index contributed by atoms with van der Waals surface area (Å²) in [7, 11) is 0. The van der Waals surface area contributed by atoms with Crippen molar-refractivity contribution in [3.8, 4) is 5.75 Å². The molecule has 0 saturated heterocycles. The second kappa shape index (κ2) is 9.33. The second-order valence-electron chi connectivity index (χ2n) is 6.08. The number of hydrogen-bond donors (Lipinski definition) is 0. The van der Waals surface area contributed by atoms with E-state index in [2.05, 4.69) is 52.1 Å². The Morgan fingerprint density at radius 3 is 2.33 bits per heavy atom. The molecule has 0 bridgehead atoms. The average Bonchev–Trinajstić information content (AvgIpc) is 2.72. The first-order chi connectivity index (χ1) is 13.2. The van der Waals surface area contributed by atoms with Crippen molar-refractivity contribution in [2.75, 3.05) is 11.5 Å². The van der Waals surface area contributed by atoms with E-state index in [1.807, 2.05) is 42.5 Å². The summed E-state index contributed by atoms with van der Waals surface area (Å²) in [6, 6.07) is 21.2. The zero-order valence-electron chi connectivity index (χ0n) is 15.1. The van der Waals surface area contributed by atoms with E-state index in [1.54, 1.807) is 11.1 Å². The normalized spacial score (nSPS) is 10.4. The van der Waals surface area contributed by atoms with Gasteiger partial charge in [-0.25, -0.2) is 4.98 Å². The maximum Gasteiger partial charge on any atom is 0.266 e. The van der Waals surface area contributed by atoms with Crippen LogP contribution in [0.2, 0.25) is 0 Å². The first kappa shape index (κ1) is 19.1. The number of ether oxygens (including phenoxy) is 1. The number of aryl methyl sites for hydroxylation is 1. The number of anilines is 1. The van der Waals surface area contributed by atoms with Gasteiger partial charge in [-0.05, 0) is 53.9 Å². The van der Waals surface area contributed by atoms with Gasteiger partial charge in [-0.2, -0.15) is 0 Å². The van der Waals surface area contributed by atoms with Gasteiger partial charge in [0.2, 0.25) is 0 Å². The van der Waals surface area contributed by atoms with Crippen LogP contribution < -0.4 is 9.64 Å². The Hall–Kier alpha value is -2.66. The quantitative estimate of drug-likeness (QED) is 0.534. The molecule has 0 unspecified atom stereocenters. The molecule has 3 rings (SSSR count). The Balaban J connectivity index is 1.74. The van der Waals surface area contributed by atoms with E-state index in [0.29, 0.717) is 18.1 Å². The van der Waals surface area contributed by atoms with E-state index in [-0.39, 0.29) is 12.5 Å². The molecule has 138 valence electrons. The van der Waals surface area contributed by atoms with Crippen molar-refractivity contribution in [1.82, 2.24) is 4.98 Å². The third kappa shape index (κ3) is 5.41. The summed E-state index contributed by atoms with van der Waals surface area (Å²) in [6.45, 7) is 2.52. The van der Waals surface area contributed by atoms with E-state index in [4.69, 9.17) is 4.74 Å². The lowest BCUT2D eigenvalue weighted by Crippen LogP contribution is -2.35. The Bertz CT molecular complexity index is 865. The lowest BCUT2D eigenvalue weighted by Gasteiger charge is -2.22. The highest BCUT2D eigenvalue weighted by Crippen LogP contribution is 2.18. The fourth-order valence-corrected chi connectivity index (χ4v) is 2.89. The summed E-state index contributed by atoms with van der Waals surface area (Å²) >= 11 is 3.39. The number of carbonyl (C=O) groups excluding carboxylic acids is 1. The lowest BCUT2D eigenvalue weighted by atomic mass is 10.1. The minimum Gasteiger partial charge on any atom is -0.484 e.